The van der Waals surface area contributed by atoms with Crippen molar-refractivity contribution in [3.05, 3.63) is 60.2 Å². The summed E-state index contributed by atoms with van der Waals surface area (Å²) in [7, 11) is 0. The lowest BCUT2D eigenvalue weighted by Gasteiger charge is -2.38. The number of pyridine rings is 1. The number of morpholine rings is 1. The fraction of sp³-hybridized carbons (Fsp3) is 0.333. The van der Waals surface area contributed by atoms with E-state index in [4.69, 9.17) is 4.74 Å². The first-order chi connectivity index (χ1) is 11.7. The third-order valence-electron chi connectivity index (χ3n) is 4.64. The summed E-state index contributed by atoms with van der Waals surface area (Å²) in [4.78, 5) is 20.8. The molecule has 2 aliphatic rings. The van der Waals surface area contributed by atoms with Crippen molar-refractivity contribution in [3.63, 3.8) is 0 Å². The molecule has 6 heteroatoms. The topological polar surface area (TPSA) is 45.7 Å². The number of carbonyl (C=O) groups is 1. The van der Waals surface area contributed by atoms with Crippen molar-refractivity contribution in [2.45, 2.75) is 12.1 Å². The Morgan fingerprint density at radius 1 is 1.25 bits per heavy atom. The van der Waals surface area contributed by atoms with Gasteiger partial charge in [0.05, 0.1) is 30.6 Å². The fourth-order valence-corrected chi connectivity index (χ4v) is 3.50. The standard InChI is InChI=1S/C18H18FN3O2/c19-14-4-1-3-13(9-14)18(23)21-11-16-17(12-21)24-8-7-22(16)15-5-2-6-20-10-15/h1-6,9-10,16-17H,7-8,11-12H2/t16-,17+/m1/s1. The molecule has 0 saturated carbocycles. The van der Waals surface area contributed by atoms with E-state index in [1.807, 2.05) is 18.3 Å². The second-order valence-electron chi connectivity index (χ2n) is 6.10. The second-order valence-corrected chi connectivity index (χ2v) is 6.10. The molecule has 1 aromatic carbocycles. The monoisotopic (exact) mass is 327 g/mol. The summed E-state index contributed by atoms with van der Waals surface area (Å²) >= 11 is 0. The average Bonchev–Trinajstić information content (AvgIpc) is 3.06. The number of anilines is 1. The van der Waals surface area contributed by atoms with E-state index in [0.29, 0.717) is 25.3 Å². The minimum Gasteiger partial charge on any atom is -0.372 e. The molecule has 4 rings (SSSR count). The number of ether oxygens (including phenoxy) is 1. The summed E-state index contributed by atoms with van der Waals surface area (Å²) < 4.78 is 19.2. The first-order valence-electron chi connectivity index (χ1n) is 8.05. The predicted molar refractivity (Wildman–Crippen MR) is 87.4 cm³/mol. The maximum Gasteiger partial charge on any atom is 0.254 e. The van der Waals surface area contributed by atoms with E-state index in [-0.39, 0.29) is 18.1 Å². The minimum atomic E-state index is -0.398. The van der Waals surface area contributed by atoms with E-state index < -0.39 is 5.82 Å². The minimum absolute atomic E-state index is 0.0311. The summed E-state index contributed by atoms with van der Waals surface area (Å²) in [6, 6.07) is 9.85. The Hall–Kier alpha value is -2.47. The van der Waals surface area contributed by atoms with Crippen molar-refractivity contribution in [2.75, 3.05) is 31.1 Å². The molecule has 5 nitrogen and oxygen atoms in total. The van der Waals surface area contributed by atoms with Gasteiger partial charge in [0.15, 0.2) is 0 Å². The lowest BCUT2D eigenvalue weighted by Crippen LogP contribution is -2.51. The number of fused-ring (bicyclic) bond motifs is 1. The number of nitrogens with zero attached hydrogens (tertiary/aromatic N) is 3. The largest absolute Gasteiger partial charge is 0.372 e. The molecule has 0 radical (unpaired) electrons. The van der Waals surface area contributed by atoms with Gasteiger partial charge in [0.2, 0.25) is 0 Å². The highest BCUT2D eigenvalue weighted by molar-refractivity contribution is 5.94. The molecule has 0 spiro atoms. The predicted octanol–water partition coefficient (Wildman–Crippen LogP) is 1.95. The molecule has 0 N–H and O–H groups in total. The molecular formula is C18H18FN3O2. The highest BCUT2D eigenvalue weighted by Gasteiger charge is 2.42. The SMILES string of the molecule is O=C(c1cccc(F)c1)N1C[C@@H]2OCCN(c3cccnc3)[C@@H]2C1. The van der Waals surface area contributed by atoms with E-state index in [0.717, 1.165) is 12.2 Å². The van der Waals surface area contributed by atoms with Crippen LogP contribution in [-0.4, -0.2) is 54.2 Å². The van der Waals surface area contributed by atoms with E-state index in [9.17, 15) is 9.18 Å². The number of aromatic nitrogens is 1. The number of hydrogen-bond donors (Lipinski definition) is 0. The van der Waals surface area contributed by atoms with E-state index in [2.05, 4.69) is 9.88 Å². The smallest absolute Gasteiger partial charge is 0.254 e. The zero-order valence-electron chi connectivity index (χ0n) is 13.1. The second kappa shape index (κ2) is 6.20. The molecule has 2 atom stereocenters. The Morgan fingerprint density at radius 3 is 2.96 bits per heavy atom. The quantitative estimate of drug-likeness (QED) is 0.846. The van der Waals surface area contributed by atoms with Crippen LogP contribution in [0.3, 0.4) is 0 Å². The van der Waals surface area contributed by atoms with Gasteiger partial charge in [-0.1, -0.05) is 6.07 Å². The molecule has 2 saturated heterocycles. The number of amides is 1. The first kappa shape index (κ1) is 15.1. The Morgan fingerprint density at radius 2 is 2.17 bits per heavy atom. The van der Waals surface area contributed by atoms with Crippen LogP contribution in [0, 0.1) is 5.82 Å². The van der Waals surface area contributed by atoms with Gasteiger partial charge in [0.1, 0.15) is 5.82 Å². The molecule has 3 heterocycles. The molecular weight excluding hydrogens is 309 g/mol. The van der Waals surface area contributed by atoms with Gasteiger partial charge in [-0.15, -0.1) is 0 Å². The summed E-state index contributed by atoms with van der Waals surface area (Å²) in [6.45, 7) is 2.48. The molecule has 2 aliphatic heterocycles. The molecule has 0 unspecified atom stereocenters. The highest BCUT2D eigenvalue weighted by Crippen LogP contribution is 2.28. The third-order valence-corrected chi connectivity index (χ3v) is 4.64. The van der Waals surface area contributed by atoms with Gasteiger partial charge in [0, 0.05) is 31.4 Å². The molecule has 0 aliphatic carbocycles. The Bertz CT molecular complexity index is 740. The van der Waals surface area contributed by atoms with Gasteiger partial charge in [-0.05, 0) is 30.3 Å². The van der Waals surface area contributed by atoms with Crippen LogP contribution in [0.15, 0.2) is 48.8 Å². The van der Waals surface area contributed by atoms with Crippen LogP contribution in [0.25, 0.3) is 0 Å². The van der Waals surface area contributed by atoms with Crippen molar-refractivity contribution in [1.29, 1.82) is 0 Å². The van der Waals surface area contributed by atoms with Crippen LogP contribution < -0.4 is 4.90 Å². The van der Waals surface area contributed by atoms with Crippen LogP contribution in [0.2, 0.25) is 0 Å². The Kier molecular flexibility index (Phi) is 3.90. The molecule has 2 aromatic rings. The lowest BCUT2D eigenvalue weighted by atomic mass is 10.1. The van der Waals surface area contributed by atoms with E-state index in [1.165, 1.54) is 12.1 Å². The van der Waals surface area contributed by atoms with Crippen LogP contribution >= 0.6 is 0 Å². The molecule has 124 valence electrons. The number of hydrogen-bond acceptors (Lipinski definition) is 4. The number of likely N-dealkylation sites (tertiary alicyclic amines) is 1. The highest BCUT2D eigenvalue weighted by atomic mass is 19.1. The van der Waals surface area contributed by atoms with Gasteiger partial charge >= 0.3 is 0 Å². The Labute approximate surface area is 139 Å². The molecule has 1 amide bonds. The number of halogens is 1. The van der Waals surface area contributed by atoms with Crippen LogP contribution in [0.5, 0.6) is 0 Å². The number of rotatable bonds is 2. The zero-order chi connectivity index (χ0) is 16.5. The van der Waals surface area contributed by atoms with Gasteiger partial charge in [-0.25, -0.2) is 4.39 Å². The molecule has 2 fully saturated rings. The summed E-state index contributed by atoms with van der Waals surface area (Å²) in [5.74, 6) is -0.552. The van der Waals surface area contributed by atoms with Crippen molar-refractivity contribution in [2.24, 2.45) is 0 Å². The zero-order valence-corrected chi connectivity index (χ0v) is 13.1. The molecule has 24 heavy (non-hydrogen) atoms. The maximum absolute atomic E-state index is 13.4. The molecule has 0 bridgehead atoms. The van der Waals surface area contributed by atoms with Gasteiger partial charge < -0.3 is 14.5 Å². The van der Waals surface area contributed by atoms with Crippen molar-refractivity contribution < 1.29 is 13.9 Å². The van der Waals surface area contributed by atoms with Gasteiger partial charge in [-0.3, -0.25) is 9.78 Å². The lowest BCUT2D eigenvalue weighted by molar-refractivity contribution is 0.0302. The van der Waals surface area contributed by atoms with E-state index >= 15 is 0 Å². The average molecular weight is 327 g/mol. The van der Waals surface area contributed by atoms with Crippen molar-refractivity contribution in [1.82, 2.24) is 9.88 Å². The van der Waals surface area contributed by atoms with E-state index in [1.54, 1.807) is 23.2 Å². The normalized spacial score (nSPS) is 23.2. The summed E-state index contributed by atoms with van der Waals surface area (Å²) in [5, 5.41) is 0. The van der Waals surface area contributed by atoms with Crippen LogP contribution in [0.4, 0.5) is 10.1 Å². The van der Waals surface area contributed by atoms with Crippen LogP contribution in [0.1, 0.15) is 10.4 Å². The first-order valence-corrected chi connectivity index (χ1v) is 8.05. The maximum atomic E-state index is 13.4. The van der Waals surface area contributed by atoms with Crippen molar-refractivity contribution in [3.8, 4) is 0 Å². The van der Waals surface area contributed by atoms with Gasteiger partial charge in [-0.2, -0.15) is 0 Å². The van der Waals surface area contributed by atoms with Crippen molar-refractivity contribution >= 4 is 11.6 Å². The number of benzene rings is 1. The fourth-order valence-electron chi connectivity index (χ4n) is 3.50. The van der Waals surface area contributed by atoms with Gasteiger partial charge in [0.25, 0.3) is 5.91 Å². The molecule has 1 aromatic heterocycles. The van der Waals surface area contributed by atoms with Crippen LogP contribution in [-0.2, 0) is 4.74 Å². The number of carbonyl (C=O) groups excluding carboxylic acids is 1. The Balaban J connectivity index is 1.55. The third kappa shape index (κ3) is 2.73. The summed E-state index contributed by atoms with van der Waals surface area (Å²) in [5.41, 5.74) is 1.41. The summed E-state index contributed by atoms with van der Waals surface area (Å²) in [6.07, 6.45) is 3.55.